The van der Waals surface area contributed by atoms with E-state index in [2.05, 4.69) is 15.3 Å². The minimum Gasteiger partial charge on any atom is -0.333 e. The summed E-state index contributed by atoms with van der Waals surface area (Å²) in [7, 11) is -3.84. The summed E-state index contributed by atoms with van der Waals surface area (Å²) in [6, 6.07) is 10.5. The average Bonchev–Trinajstić information content (AvgIpc) is 2.95. The van der Waals surface area contributed by atoms with Gasteiger partial charge < -0.3 is 10.3 Å². The van der Waals surface area contributed by atoms with Gasteiger partial charge in [-0.1, -0.05) is 23.9 Å². The summed E-state index contributed by atoms with van der Waals surface area (Å²) < 4.78 is 23.1. The number of H-pyrrole nitrogens is 1. The van der Waals surface area contributed by atoms with Crippen molar-refractivity contribution in [3.63, 3.8) is 0 Å². The van der Waals surface area contributed by atoms with E-state index >= 15 is 0 Å². The van der Waals surface area contributed by atoms with Crippen LogP contribution in [-0.4, -0.2) is 30.0 Å². The van der Waals surface area contributed by atoms with Crippen molar-refractivity contribution in [2.75, 3.05) is 11.1 Å². The van der Waals surface area contributed by atoms with E-state index in [0.29, 0.717) is 16.4 Å². The molecule has 26 heavy (non-hydrogen) atoms. The van der Waals surface area contributed by atoms with Crippen LogP contribution in [0, 0.1) is 13.8 Å². The van der Waals surface area contributed by atoms with E-state index in [-0.39, 0.29) is 16.6 Å². The average molecular weight is 390 g/mol. The van der Waals surface area contributed by atoms with Crippen LogP contribution in [0.2, 0.25) is 0 Å². The van der Waals surface area contributed by atoms with E-state index in [1.165, 1.54) is 17.8 Å². The number of nitrogens with two attached hydrogens (primary N) is 1. The number of anilines is 1. The fraction of sp³-hybridized carbons (Fsp3) is 0.176. The molecule has 1 aromatic heterocycles. The Morgan fingerprint density at radius 1 is 1.23 bits per heavy atom. The molecule has 0 aliphatic heterocycles. The molecule has 0 unspecified atom stereocenters. The number of aryl methyl sites for hydroxylation is 2. The number of hydrogen-bond acceptors (Lipinski definition) is 5. The third-order valence-electron chi connectivity index (χ3n) is 3.73. The number of carbonyl (C=O) groups is 1. The van der Waals surface area contributed by atoms with Crippen molar-refractivity contribution in [1.29, 1.82) is 0 Å². The van der Waals surface area contributed by atoms with Crippen LogP contribution in [0.5, 0.6) is 0 Å². The SMILES string of the molecule is Cc1ccc2nc(SCC(=O)Nc3ccc(C)c(S(N)(=O)=O)c3)[nH]c2c1. The smallest absolute Gasteiger partial charge is 0.238 e. The molecule has 136 valence electrons. The number of imidazole rings is 1. The van der Waals surface area contributed by atoms with Crippen molar-refractivity contribution in [2.24, 2.45) is 5.14 Å². The fourth-order valence-corrected chi connectivity index (χ4v) is 3.98. The van der Waals surface area contributed by atoms with Crippen molar-refractivity contribution in [2.45, 2.75) is 23.9 Å². The summed E-state index contributed by atoms with van der Waals surface area (Å²) in [5, 5.41) is 8.50. The highest BCUT2D eigenvalue weighted by atomic mass is 32.2. The number of aromatic nitrogens is 2. The Balaban J connectivity index is 1.67. The van der Waals surface area contributed by atoms with Crippen molar-refractivity contribution >= 4 is 44.4 Å². The Hall–Kier alpha value is -2.36. The number of fused-ring (bicyclic) bond motifs is 1. The van der Waals surface area contributed by atoms with Crippen LogP contribution in [0.3, 0.4) is 0 Å². The Morgan fingerprint density at radius 3 is 2.73 bits per heavy atom. The van der Waals surface area contributed by atoms with Crippen LogP contribution in [0.25, 0.3) is 11.0 Å². The lowest BCUT2D eigenvalue weighted by atomic mass is 10.2. The van der Waals surface area contributed by atoms with Crippen LogP contribution in [0.4, 0.5) is 5.69 Å². The molecular formula is C17H18N4O3S2. The maximum atomic E-state index is 12.1. The third kappa shape index (κ3) is 4.24. The highest BCUT2D eigenvalue weighted by Crippen LogP contribution is 2.22. The first-order valence-electron chi connectivity index (χ1n) is 7.75. The third-order valence-corrected chi connectivity index (χ3v) is 5.66. The summed E-state index contributed by atoms with van der Waals surface area (Å²) in [4.78, 5) is 19.7. The van der Waals surface area contributed by atoms with Crippen molar-refractivity contribution < 1.29 is 13.2 Å². The number of carbonyl (C=O) groups excluding carboxylic acids is 1. The first kappa shape index (κ1) is 18.4. The van der Waals surface area contributed by atoms with Gasteiger partial charge in [0.1, 0.15) is 0 Å². The summed E-state index contributed by atoms with van der Waals surface area (Å²) >= 11 is 1.27. The summed E-state index contributed by atoms with van der Waals surface area (Å²) in [5.41, 5.74) is 3.79. The van der Waals surface area contributed by atoms with E-state index in [4.69, 9.17) is 5.14 Å². The van der Waals surface area contributed by atoms with Crippen LogP contribution < -0.4 is 10.5 Å². The Bertz CT molecular complexity index is 1090. The largest absolute Gasteiger partial charge is 0.333 e. The predicted octanol–water partition coefficient (Wildman–Crippen LogP) is 2.56. The van der Waals surface area contributed by atoms with Gasteiger partial charge in [-0.25, -0.2) is 18.5 Å². The number of thioether (sulfide) groups is 1. The molecule has 2 aromatic carbocycles. The van der Waals surface area contributed by atoms with Crippen LogP contribution in [0.15, 0.2) is 46.5 Å². The minimum atomic E-state index is -3.84. The maximum absolute atomic E-state index is 12.1. The van der Waals surface area contributed by atoms with Crippen LogP contribution in [0.1, 0.15) is 11.1 Å². The Kier molecular flexibility index (Phi) is 5.03. The van der Waals surface area contributed by atoms with Gasteiger partial charge in [0.15, 0.2) is 5.16 Å². The number of aromatic amines is 1. The second-order valence-electron chi connectivity index (χ2n) is 5.92. The quantitative estimate of drug-likeness (QED) is 0.579. The molecule has 0 saturated heterocycles. The van der Waals surface area contributed by atoms with Gasteiger partial charge in [-0.15, -0.1) is 0 Å². The normalized spacial score (nSPS) is 11.7. The van der Waals surface area contributed by atoms with E-state index in [1.54, 1.807) is 19.1 Å². The number of benzene rings is 2. The van der Waals surface area contributed by atoms with Crippen molar-refractivity contribution in [3.8, 4) is 0 Å². The summed E-state index contributed by atoms with van der Waals surface area (Å²) in [6.45, 7) is 3.64. The van der Waals surface area contributed by atoms with E-state index in [9.17, 15) is 13.2 Å². The number of amides is 1. The van der Waals surface area contributed by atoms with Crippen LogP contribution in [-0.2, 0) is 14.8 Å². The zero-order valence-electron chi connectivity index (χ0n) is 14.2. The number of hydrogen-bond donors (Lipinski definition) is 3. The molecule has 0 spiro atoms. The fourth-order valence-electron chi connectivity index (χ4n) is 2.48. The molecule has 9 heteroatoms. The van der Waals surface area contributed by atoms with Gasteiger partial charge in [0.25, 0.3) is 0 Å². The molecule has 0 aliphatic rings. The summed E-state index contributed by atoms with van der Waals surface area (Å²) in [6.07, 6.45) is 0. The Morgan fingerprint density at radius 2 is 2.00 bits per heavy atom. The maximum Gasteiger partial charge on any atom is 0.238 e. The molecule has 3 aromatic rings. The molecular weight excluding hydrogens is 372 g/mol. The second kappa shape index (κ2) is 7.10. The topological polar surface area (TPSA) is 118 Å². The molecule has 0 radical (unpaired) electrons. The molecule has 0 bridgehead atoms. The number of nitrogens with one attached hydrogen (secondary N) is 2. The molecule has 7 nitrogen and oxygen atoms in total. The second-order valence-corrected chi connectivity index (χ2v) is 8.42. The minimum absolute atomic E-state index is 0.00407. The molecule has 1 amide bonds. The van der Waals surface area contributed by atoms with E-state index < -0.39 is 10.0 Å². The molecule has 0 fully saturated rings. The number of rotatable bonds is 5. The number of nitrogens with zero attached hydrogens (tertiary/aromatic N) is 1. The van der Waals surface area contributed by atoms with E-state index in [1.807, 2.05) is 25.1 Å². The zero-order valence-corrected chi connectivity index (χ0v) is 15.9. The highest BCUT2D eigenvalue weighted by Gasteiger charge is 2.13. The van der Waals surface area contributed by atoms with Gasteiger partial charge in [0.05, 0.1) is 21.7 Å². The predicted molar refractivity (Wildman–Crippen MR) is 103 cm³/mol. The first-order valence-corrected chi connectivity index (χ1v) is 10.3. The van der Waals surface area contributed by atoms with Gasteiger partial charge in [-0.3, -0.25) is 4.79 Å². The van der Waals surface area contributed by atoms with Crippen molar-refractivity contribution in [1.82, 2.24) is 9.97 Å². The molecule has 1 heterocycles. The Labute approximate surface area is 155 Å². The van der Waals surface area contributed by atoms with Crippen LogP contribution >= 0.6 is 11.8 Å². The van der Waals surface area contributed by atoms with Crippen molar-refractivity contribution in [3.05, 3.63) is 47.5 Å². The van der Waals surface area contributed by atoms with Gasteiger partial charge in [-0.05, 0) is 49.2 Å². The van der Waals surface area contributed by atoms with E-state index in [0.717, 1.165) is 16.6 Å². The highest BCUT2D eigenvalue weighted by molar-refractivity contribution is 7.99. The van der Waals surface area contributed by atoms with Gasteiger partial charge in [-0.2, -0.15) is 0 Å². The molecule has 0 atom stereocenters. The van der Waals surface area contributed by atoms with Gasteiger partial charge in [0, 0.05) is 5.69 Å². The molecule has 0 aliphatic carbocycles. The molecule has 4 N–H and O–H groups in total. The monoisotopic (exact) mass is 390 g/mol. The number of primary sulfonamides is 1. The standard InChI is InChI=1S/C17H18N4O3S2/c1-10-3-6-13-14(7-10)21-17(20-13)25-9-16(22)19-12-5-4-11(2)15(8-12)26(18,23)24/h3-8H,9H2,1-2H3,(H,19,22)(H,20,21)(H2,18,23,24). The molecule has 3 rings (SSSR count). The lowest BCUT2D eigenvalue weighted by Crippen LogP contribution is -2.17. The number of sulfonamides is 1. The van der Waals surface area contributed by atoms with Gasteiger partial charge >= 0.3 is 0 Å². The summed E-state index contributed by atoms with van der Waals surface area (Å²) in [5.74, 6) is -0.131. The molecule has 0 saturated carbocycles. The zero-order chi connectivity index (χ0) is 18.9. The lowest BCUT2D eigenvalue weighted by molar-refractivity contribution is -0.113. The van der Waals surface area contributed by atoms with Gasteiger partial charge in [0.2, 0.25) is 15.9 Å². The first-order chi connectivity index (χ1) is 12.2. The lowest BCUT2D eigenvalue weighted by Gasteiger charge is -2.08.